The summed E-state index contributed by atoms with van der Waals surface area (Å²) in [4.78, 5) is 0. The lowest BCUT2D eigenvalue weighted by molar-refractivity contribution is 0.418. The van der Waals surface area contributed by atoms with Crippen molar-refractivity contribution in [2.75, 3.05) is 12.8 Å². The molecule has 0 spiro atoms. The Balaban J connectivity index is 2.58. The van der Waals surface area contributed by atoms with Gasteiger partial charge in [0.2, 0.25) is 0 Å². The van der Waals surface area contributed by atoms with Gasteiger partial charge in [-0.25, -0.2) is 0 Å². The Kier molecular flexibility index (Phi) is 2.32. The summed E-state index contributed by atoms with van der Waals surface area (Å²) < 4.78 is 5.21. The van der Waals surface area contributed by atoms with E-state index in [1.807, 2.05) is 12.1 Å². The third-order valence-corrected chi connectivity index (χ3v) is 2.56. The summed E-state index contributed by atoms with van der Waals surface area (Å²) in [6, 6.07) is 5.58. The van der Waals surface area contributed by atoms with Crippen LogP contribution >= 0.6 is 11.3 Å². The van der Waals surface area contributed by atoms with Gasteiger partial charge in [0.1, 0.15) is 5.51 Å². The van der Waals surface area contributed by atoms with Crippen molar-refractivity contribution in [1.82, 2.24) is 10.2 Å². The number of aromatic nitrogens is 2. The van der Waals surface area contributed by atoms with E-state index in [4.69, 9.17) is 10.5 Å². The molecule has 5 heteroatoms. The smallest absolute Gasteiger partial charge is 0.152 e. The average Bonchev–Trinajstić information content (AvgIpc) is 2.70. The number of nitrogens with zero attached hydrogens (tertiary/aromatic N) is 2. The fraction of sp³-hybridized carbons (Fsp3) is 0.111. The summed E-state index contributed by atoms with van der Waals surface area (Å²) in [6.07, 6.45) is 0. The zero-order chi connectivity index (χ0) is 9.97. The predicted molar refractivity (Wildman–Crippen MR) is 56.3 cm³/mol. The standard InChI is InChI=1S/C9H9N3OS/c1-13-8-6(3-2-4-7(8)10)9-12-11-5-14-9/h2-5H,10H2,1H3. The molecule has 1 aromatic heterocycles. The van der Waals surface area contributed by atoms with Gasteiger partial charge < -0.3 is 10.5 Å². The van der Waals surface area contributed by atoms with Crippen molar-refractivity contribution in [2.45, 2.75) is 0 Å². The average molecular weight is 207 g/mol. The van der Waals surface area contributed by atoms with E-state index in [-0.39, 0.29) is 0 Å². The van der Waals surface area contributed by atoms with Crippen molar-refractivity contribution < 1.29 is 4.74 Å². The number of para-hydroxylation sites is 1. The molecule has 0 aliphatic carbocycles. The molecule has 0 atom stereocenters. The fourth-order valence-corrected chi connectivity index (χ4v) is 1.82. The topological polar surface area (TPSA) is 61.0 Å². The van der Waals surface area contributed by atoms with Gasteiger partial charge in [-0.1, -0.05) is 17.4 Å². The third kappa shape index (κ3) is 1.42. The van der Waals surface area contributed by atoms with E-state index in [1.165, 1.54) is 11.3 Å². The maximum Gasteiger partial charge on any atom is 0.152 e. The van der Waals surface area contributed by atoms with Crippen LogP contribution in [0.2, 0.25) is 0 Å². The Morgan fingerprint density at radius 2 is 2.29 bits per heavy atom. The number of ether oxygens (including phenoxy) is 1. The van der Waals surface area contributed by atoms with Crippen LogP contribution in [0.25, 0.3) is 10.6 Å². The highest BCUT2D eigenvalue weighted by Gasteiger charge is 2.10. The summed E-state index contributed by atoms with van der Waals surface area (Å²) in [7, 11) is 1.59. The molecule has 0 aliphatic rings. The summed E-state index contributed by atoms with van der Waals surface area (Å²) in [5, 5.41) is 8.56. The number of hydrogen-bond donors (Lipinski definition) is 1. The molecular formula is C9H9N3OS. The molecule has 0 unspecified atom stereocenters. The lowest BCUT2D eigenvalue weighted by Crippen LogP contribution is -1.94. The van der Waals surface area contributed by atoms with Crippen LogP contribution in [0.1, 0.15) is 0 Å². The molecule has 0 saturated heterocycles. The molecule has 0 radical (unpaired) electrons. The van der Waals surface area contributed by atoms with Gasteiger partial charge in [0.15, 0.2) is 10.8 Å². The zero-order valence-corrected chi connectivity index (χ0v) is 8.41. The Labute approximate surface area is 85.4 Å². The quantitative estimate of drug-likeness (QED) is 0.763. The molecular weight excluding hydrogens is 198 g/mol. The molecule has 2 rings (SSSR count). The van der Waals surface area contributed by atoms with Crippen molar-refractivity contribution in [1.29, 1.82) is 0 Å². The lowest BCUT2D eigenvalue weighted by atomic mass is 10.2. The monoisotopic (exact) mass is 207 g/mol. The predicted octanol–water partition coefficient (Wildman–Crippen LogP) is 1.80. The molecule has 1 aromatic carbocycles. The van der Waals surface area contributed by atoms with Gasteiger partial charge in [0.25, 0.3) is 0 Å². The Morgan fingerprint density at radius 1 is 1.43 bits per heavy atom. The molecule has 72 valence electrons. The van der Waals surface area contributed by atoms with E-state index >= 15 is 0 Å². The Hall–Kier alpha value is -1.62. The van der Waals surface area contributed by atoms with Gasteiger partial charge in [0.05, 0.1) is 18.4 Å². The highest BCUT2D eigenvalue weighted by molar-refractivity contribution is 7.12. The minimum atomic E-state index is 0.611. The fourth-order valence-electron chi connectivity index (χ4n) is 1.24. The molecule has 2 aromatic rings. The van der Waals surface area contributed by atoms with Crippen LogP contribution in [0.3, 0.4) is 0 Å². The number of benzene rings is 1. The molecule has 0 amide bonds. The molecule has 1 heterocycles. The first-order valence-electron chi connectivity index (χ1n) is 4.02. The second-order valence-electron chi connectivity index (χ2n) is 2.67. The number of rotatable bonds is 2. The highest BCUT2D eigenvalue weighted by Crippen LogP contribution is 2.34. The molecule has 0 saturated carbocycles. The molecule has 4 nitrogen and oxygen atoms in total. The van der Waals surface area contributed by atoms with Crippen molar-refractivity contribution >= 4 is 17.0 Å². The first-order valence-corrected chi connectivity index (χ1v) is 4.90. The number of nitrogens with two attached hydrogens (primary N) is 1. The maximum atomic E-state index is 5.77. The van der Waals surface area contributed by atoms with Crippen molar-refractivity contribution in [2.24, 2.45) is 0 Å². The van der Waals surface area contributed by atoms with Crippen molar-refractivity contribution in [3.63, 3.8) is 0 Å². The van der Waals surface area contributed by atoms with Gasteiger partial charge >= 0.3 is 0 Å². The van der Waals surface area contributed by atoms with E-state index in [0.29, 0.717) is 11.4 Å². The Bertz CT molecular complexity index is 428. The van der Waals surface area contributed by atoms with Gasteiger partial charge in [-0.15, -0.1) is 10.2 Å². The zero-order valence-electron chi connectivity index (χ0n) is 7.60. The minimum Gasteiger partial charge on any atom is -0.494 e. The van der Waals surface area contributed by atoms with Crippen LogP contribution in [-0.2, 0) is 0 Å². The normalized spacial score (nSPS) is 10.1. The van der Waals surface area contributed by atoms with E-state index in [1.54, 1.807) is 18.7 Å². The third-order valence-electron chi connectivity index (χ3n) is 1.84. The minimum absolute atomic E-state index is 0.611. The maximum absolute atomic E-state index is 5.77. The summed E-state index contributed by atoms with van der Waals surface area (Å²) in [6.45, 7) is 0. The van der Waals surface area contributed by atoms with Crippen LogP contribution in [0.15, 0.2) is 23.7 Å². The van der Waals surface area contributed by atoms with Crippen LogP contribution in [0.4, 0.5) is 5.69 Å². The summed E-state index contributed by atoms with van der Waals surface area (Å²) in [5.41, 5.74) is 8.94. The largest absolute Gasteiger partial charge is 0.494 e. The number of methoxy groups -OCH3 is 1. The van der Waals surface area contributed by atoms with Gasteiger partial charge in [0, 0.05) is 0 Å². The van der Waals surface area contributed by atoms with Crippen LogP contribution in [-0.4, -0.2) is 17.3 Å². The number of anilines is 1. The van der Waals surface area contributed by atoms with Crippen molar-refractivity contribution in [3.05, 3.63) is 23.7 Å². The first-order chi connectivity index (χ1) is 6.83. The van der Waals surface area contributed by atoms with Gasteiger partial charge in [-0.3, -0.25) is 0 Å². The van der Waals surface area contributed by atoms with Gasteiger partial charge in [-0.2, -0.15) is 0 Å². The van der Waals surface area contributed by atoms with Crippen LogP contribution in [0, 0.1) is 0 Å². The first kappa shape index (κ1) is 8.96. The van der Waals surface area contributed by atoms with Crippen molar-refractivity contribution in [3.8, 4) is 16.3 Å². The lowest BCUT2D eigenvalue weighted by Gasteiger charge is -2.07. The Morgan fingerprint density at radius 3 is 2.93 bits per heavy atom. The molecule has 2 N–H and O–H groups in total. The van der Waals surface area contributed by atoms with Crippen LogP contribution < -0.4 is 10.5 Å². The molecule has 0 aliphatic heterocycles. The SMILES string of the molecule is COc1c(N)cccc1-c1nncs1. The van der Waals surface area contributed by atoms with E-state index < -0.39 is 0 Å². The van der Waals surface area contributed by atoms with E-state index in [2.05, 4.69) is 10.2 Å². The molecule has 0 bridgehead atoms. The van der Waals surface area contributed by atoms with E-state index in [9.17, 15) is 0 Å². The van der Waals surface area contributed by atoms with E-state index in [0.717, 1.165) is 10.6 Å². The molecule has 0 fully saturated rings. The molecule has 14 heavy (non-hydrogen) atoms. The number of hydrogen-bond acceptors (Lipinski definition) is 5. The van der Waals surface area contributed by atoms with Gasteiger partial charge in [-0.05, 0) is 12.1 Å². The highest BCUT2D eigenvalue weighted by atomic mass is 32.1. The second kappa shape index (κ2) is 3.63. The van der Waals surface area contributed by atoms with Crippen LogP contribution in [0.5, 0.6) is 5.75 Å². The summed E-state index contributed by atoms with van der Waals surface area (Å²) >= 11 is 1.46. The number of nitrogen functional groups attached to an aromatic ring is 1. The summed E-state index contributed by atoms with van der Waals surface area (Å²) in [5.74, 6) is 0.657. The second-order valence-corrected chi connectivity index (χ2v) is 3.51.